The van der Waals surface area contributed by atoms with Crippen LogP contribution in [0.5, 0.6) is 0 Å². The lowest BCUT2D eigenvalue weighted by molar-refractivity contribution is 1.02. The molecule has 0 saturated heterocycles. The summed E-state index contributed by atoms with van der Waals surface area (Å²) in [5, 5.41) is 0. The molecule has 3 nitrogen and oxygen atoms in total. The van der Waals surface area contributed by atoms with Gasteiger partial charge < -0.3 is 10.6 Å². The Morgan fingerprint density at radius 2 is 1.63 bits per heavy atom. The molecule has 1 aromatic carbocycles. The molecule has 0 aliphatic heterocycles. The maximum atomic E-state index is 5.73. The third kappa shape index (κ3) is 3.12. The number of nitrogens with zero attached hydrogens (tertiary/aromatic N) is 2. The molecule has 0 radical (unpaired) electrons. The highest BCUT2D eigenvalue weighted by Crippen LogP contribution is 2.25. The average molecular weight is 255 g/mol. The van der Waals surface area contributed by atoms with Crippen molar-refractivity contribution in [2.45, 2.75) is 27.3 Å². The molecule has 0 amide bonds. The first-order valence-electron chi connectivity index (χ1n) is 6.49. The van der Waals surface area contributed by atoms with Crippen LogP contribution in [0.3, 0.4) is 0 Å². The Labute approximate surface area is 115 Å². The smallest absolute Gasteiger partial charge is 0.133 e. The van der Waals surface area contributed by atoms with Crippen molar-refractivity contribution in [1.82, 2.24) is 4.98 Å². The number of aromatic nitrogens is 1. The van der Waals surface area contributed by atoms with Gasteiger partial charge in [-0.2, -0.15) is 0 Å². The number of pyridine rings is 1. The van der Waals surface area contributed by atoms with Crippen LogP contribution in [0.1, 0.15) is 22.4 Å². The summed E-state index contributed by atoms with van der Waals surface area (Å²) in [4.78, 5) is 6.69. The van der Waals surface area contributed by atoms with Crippen LogP contribution in [-0.4, -0.2) is 12.0 Å². The quantitative estimate of drug-likeness (QED) is 0.915. The molecular formula is C16H21N3. The fourth-order valence-electron chi connectivity index (χ4n) is 2.29. The van der Waals surface area contributed by atoms with E-state index in [1.807, 2.05) is 26.1 Å². The van der Waals surface area contributed by atoms with Crippen molar-refractivity contribution in [2.24, 2.45) is 5.73 Å². The minimum atomic E-state index is 0.539. The normalized spacial score (nSPS) is 10.6. The maximum Gasteiger partial charge on any atom is 0.133 e. The first-order chi connectivity index (χ1) is 8.99. The van der Waals surface area contributed by atoms with E-state index in [4.69, 9.17) is 5.73 Å². The van der Waals surface area contributed by atoms with E-state index < -0.39 is 0 Å². The number of rotatable bonds is 3. The molecule has 1 heterocycles. The Bertz CT molecular complexity index is 570. The van der Waals surface area contributed by atoms with Gasteiger partial charge in [0.25, 0.3) is 0 Å². The summed E-state index contributed by atoms with van der Waals surface area (Å²) in [5.74, 6) is 0.936. The van der Waals surface area contributed by atoms with Crippen molar-refractivity contribution in [3.8, 4) is 0 Å². The SMILES string of the molecule is Cc1cc(C)cc(N(C)c2cc(CN)cc(C)n2)c1. The largest absolute Gasteiger partial charge is 0.329 e. The molecule has 2 N–H and O–H groups in total. The van der Waals surface area contributed by atoms with Crippen LogP contribution in [-0.2, 0) is 6.54 Å². The molecule has 0 atom stereocenters. The topological polar surface area (TPSA) is 42.1 Å². The molecule has 3 heteroatoms. The maximum absolute atomic E-state index is 5.73. The van der Waals surface area contributed by atoms with Crippen LogP contribution >= 0.6 is 0 Å². The van der Waals surface area contributed by atoms with Crippen LogP contribution in [0.4, 0.5) is 11.5 Å². The van der Waals surface area contributed by atoms with E-state index in [9.17, 15) is 0 Å². The van der Waals surface area contributed by atoms with Gasteiger partial charge in [0, 0.05) is 25.0 Å². The molecule has 1 aromatic heterocycles. The molecule has 2 rings (SSSR count). The van der Waals surface area contributed by atoms with Crippen LogP contribution in [0, 0.1) is 20.8 Å². The van der Waals surface area contributed by atoms with Crippen molar-refractivity contribution in [2.75, 3.05) is 11.9 Å². The first kappa shape index (κ1) is 13.6. The predicted molar refractivity (Wildman–Crippen MR) is 80.8 cm³/mol. The van der Waals surface area contributed by atoms with E-state index in [1.54, 1.807) is 0 Å². The lowest BCUT2D eigenvalue weighted by atomic mass is 10.1. The van der Waals surface area contributed by atoms with Gasteiger partial charge in [0.05, 0.1) is 0 Å². The Kier molecular flexibility index (Phi) is 3.86. The third-order valence-electron chi connectivity index (χ3n) is 3.17. The van der Waals surface area contributed by atoms with Crippen molar-refractivity contribution in [1.29, 1.82) is 0 Å². The Morgan fingerprint density at radius 1 is 1.00 bits per heavy atom. The summed E-state index contributed by atoms with van der Waals surface area (Å²) >= 11 is 0. The standard InChI is InChI=1S/C16H21N3/c1-11-5-12(2)7-15(6-11)19(4)16-9-14(10-17)8-13(3)18-16/h5-9H,10,17H2,1-4H3. The van der Waals surface area contributed by atoms with Crippen molar-refractivity contribution in [3.63, 3.8) is 0 Å². The highest BCUT2D eigenvalue weighted by Gasteiger charge is 2.08. The zero-order valence-corrected chi connectivity index (χ0v) is 12.1. The van der Waals surface area contributed by atoms with Crippen LogP contribution in [0.2, 0.25) is 0 Å². The monoisotopic (exact) mass is 255 g/mol. The molecule has 0 saturated carbocycles. The molecule has 0 unspecified atom stereocenters. The molecule has 0 bridgehead atoms. The molecular weight excluding hydrogens is 234 g/mol. The summed E-state index contributed by atoms with van der Waals surface area (Å²) < 4.78 is 0. The number of benzene rings is 1. The molecule has 0 spiro atoms. The van der Waals surface area contributed by atoms with E-state index >= 15 is 0 Å². The highest BCUT2D eigenvalue weighted by molar-refractivity contribution is 5.61. The van der Waals surface area contributed by atoms with Gasteiger partial charge in [-0.1, -0.05) is 6.07 Å². The third-order valence-corrected chi connectivity index (χ3v) is 3.17. The summed E-state index contributed by atoms with van der Waals surface area (Å²) in [7, 11) is 2.04. The minimum absolute atomic E-state index is 0.539. The van der Waals surface area contributed by atoms with Gasteiger partial charge in [-0.15, -0.1) is 0 Å². The van der Waals surface area contributed by atoms with Crippen LogP contribution < -0.4 is 10.6 Å². The van der Waals surface area contributed by atoms with Crippen LogP contribution in [0.15, 0.2) is 30.3 Å². The Morgan fingerprint density at radius 3 is 2.21 bits per heavy atom. The second kappa shape index (κ2) is 5.41. The number of anilines is 2. The van der Waals surface area contributed by atoms with E-state index in [0.29, 0.717) is 6.54 Å². The highest BCUT2D eigenvalue weighted by atomic mass is 15.2. The van der Waals surface area contributed by atoms with E-state index in [1.165, 1.54) is 11.1 Å². The van der Waals surface area contributed by atoms with Gasteiger partial charge >= 0.3 is 0 Å². The van der Waals surface area contributed by atoms with Crippen molar-refractivity contribution < 1.29 is 0 Å². The van der Waals surface area contributed by atoms with E-state index in [-0.39, 0.29) is 0 Å². The van der Waals surface area contributed by atoms with Gasteiger partial charge in [0.15, 0.2) is 0 Å². The second-order valence-corrected chi connectivity index (χ2v) is 5.08. The zero-order valence-electron chi connectivity index (χ0n) is 12.1. The summed E-state index contributed by atoms with van der Waals surface area (Å²) in [6.45, 7) is 6.76. The molecule has 0 fully saturated rings. The van der Waals surface area contributed by atoms with Crippen molar-refractivity contribution >= 4 is 11.5 Å². The molecule has 0 aliphatic carbocycles. The van der Waals surface area contributed by atoms with Gasteiger partial charge in [-0.3, -0.25) is 0 Å². The fourth-order valence-corrected chi connectivity index (χ4v) is 2.29. The molecule has 19 heavy (non-hydrogen) atoms. The fraction of sp³-hybridized carbons (Fsp3) is 0.312. The summed E-state index contributed by atoms with van der Waals surface area (Å²) in [6, 6.07) is 10.6. The van der Waals surface area contributed by atoms with Gasteiger partial charge in [0.1, 0.15) is 5.82 Å². The number of hydrogen-bond acceptors (Lipinski definition) is 3. The Balaban J connectivity index is 2.43. The zero-order chi connectivity index (χ0) is 14.0. The number of hydrogen-bond donors (Lipinski definition) is 1. The lowest BCUT2D eigenvalue weighted by Gasteiger charge is -2.20. The minimum Gasteiger partial charge on any atom is -0.329 e. The van der Waals surface area contributed by atoms with Gasteiger partial charge in [0.2, 0.25) is 0 Å². The van der Waals surface area contributed by atoms with Gasteiger partial charge in [-0.25, -0.2) is 4.98 Å². The van der Waals surface area contributed by atoms with Gasteiger partial charge in [-0.05, 0) is 61.7 Å². The number of aryl methyl sites for hydroxylation is 3. The van der Waals surface area contributed by atoms with Crippen LogP contribution in [0.25, 0.3) is 0 Å². The first-order valence-corrected chi connectivity index (χ1v) is 6.49. The summed E-state index contributed by atoms with van der Waals surface area (Å²) in [6.07, 6.45) is 0. The molecule has 2 aromatic rings. The lowest BCUT2D eigenvalue weighted by Crippen LogP contribution is -2.13. The van der Waals surface area contributed by atoms with Crippen molar-refractivity contribution in [3.05, 3.63) is 52.7 Å². The molecule has 0 aliphatic rings. The van der Waals surface area contributed by atoms with E-state index in [2.05, 4.69) is 41.9 Å². The average Bonchev–Trinajstić information content (AvgIpc) is 2.35. The van der Waals surface area contributed by atoms with E-state index in [0.717, 1.165) is 22.8 Å². The summed E-state index contributed by atoms with van der Waals surface area (Å²) in [5.41, 5.74) is 11.5. The number of nitrogens with two attached hydrogens (primary N) is 1. The second-order valence-electron chi connectivity index (χ2n) is 5.08. The predicted octanol–water partition coefficient (Wildman–Crippen LogP) is 3.23. The Hall–Kier alpha value is -1.87. The molecule has 100 valence electrons.